The Labute approximate surface area is 173 Å². The number of allylic oxidation sites excluding steroid dienone is 1. The van der Waals surface area contributed by atoms with Crippen LogP contribution in [-0.2, 0) is 0 Å². The zero-order valence-corrected chi connectivity index (χ0v) is 18.2. The van der Waals surface area contributed by atoms with Crippen molar-refractivity contribution in [2.45, 2.75) is 46.8 Å². The fourth-order valence-electron chi connectivity index (χ4n) is 2.96. The highest BCUT2D eigenvalue weighted by atomic mass is 16.5. The summed E-state index contributed by atoms with van der Waals surface area (Å²) in [6.07, 6.45) is 3.33. The Kier molecular flexibility index (Phi) is 7.71. The molecule has 0 atom stereocenters. The minimum absolute atomic E-state index is 0.00326. The quantitative estimate of drug-likeness (QED) is 0.413. The molecule has 0 unspecified atom stereocenters. The number of rotatable bonds is 9. The molecule has 2 rings (SSSR count). The van der Waals surface area contributed by atoms with Crippen molar-refractivity contribution in [1.29, 1.82) is 0 Å². The van der Waals surface area contributed by atoms with Gasteiger partial charge in [0.25, 0.3) is 0 Å². The second-order valence-electron chi connectivity index (χ2n) is 7.20. The molecular formula is C24H30O5. The average molecular weight is 398 g/mol. The first-order chi connectivity index (χ1) is 13.8. The van der Waals surface area contributed by atoms with Crippen LogP contribution in [0.4, 0.5) is 0 Å². The van der Waals surface area contributed by atoms with Gasteiger partial charge in [0, 0.05) is 17.2 Å². The molecule has 0 aliphatic rings. The van der Waals surface area contributed by atoms with E-state index >= 15 is 0 Å². The van der Waals surface area contributed by atoms with Gasteiger partial charge >= 0.3 is 0 Å². The summed E-state index contributed by atoms with van der Waals surface area (Å²) in [6.45, 7) is 9.72. The highest BCUT2D eigenvalue weighted by molar-refractivity contribution is 6.09. The smallest absolute Gasteiger partial charge is 0.189 e. The summed E-state index contributed by atoms with van der Waals surface area (Å²) in [6, 6.07) is 9.08. The number of hydrogen-bond donors (Lipinski definition) is 0. The van der Waals surface area contributed by atoms with Gasteiger partial charge in [0.2, 0.25) is 0 Å². The number of benzene rings is 2. The second-order valence-corrected chi connectivity index (χ2v) is 7.20. The van der Waals surface area contributed by atoms with Gasteiger partial charge in [-0.1, -0.05) is 0 Å². The molecule has 0 spiro atoms. The van der Waals surface area contributed by atoms with Crippen LogP contribution in [0.3, 0.4) is 0 Å². The monoisotopic (exact) mass is 398 g/mol. The molecule has 156 valence electrons. The van der Waals surface area contributed by atoms with Gasteiger partial charge in [0.1, 0.15) is 23.0 Å². The van der Waals surface area contributed by atoms with Crippen molar-refractivity contribution in [2.75, 3.05) is 14.2 Å². The minimum Gasteiger partial charge on any atom is -0.496 e. The van der Waals surface area contributed by atoms with Crippen LogP contribution in [0.2, 0.25) is 0 Å². The Hall–Kier alpha value is -2.95. The van der Waals surface area contributed by atoms with E-state index in [1.54, 1.807) is 32.4 Å². The molecule has 0 fully saturated rings. The van der Waals surface area contributed by atoms with Crippen molar-refractivity contribution in [1.82, 2.24) is 0 Å². The Balaban J connectivity index is 2.35. The molecule has 0 saturated heterocycles. The van der Waals surface area contributed by atoms with Crippen LogP contribution in [-0.4, -0.2) is 32.2 Å². The standard InChI is InChI=1S/C24H30O5/c1-15(2)28-19-10-8-18(23(14-19)29-16(3)4)9-12-21(25)20-11-13-22(26-6)17(5)24(20)27-7/h8-16H,1-7H3/b12-9+. The number of carbonyl (C=O) groups is 1. The molecular weight excluding hydrogens is 368 g/mol. The topological polar surface area (TPSA) is 54.0 Å². The molecule has 0 radical (unpaired) electrons. The number of carbonyl (C=O) groups excluding carboxylic acids is 1. The van der Waals surface area contributed by atoms with Crippen LogP contribution in [0.15, 0.2) is 36.4 Å². The van der Waals surface area contributed by atoms with Crippen molar-refractivity contribution in [3.8, 4) is 23.0 Å². The molecule has 0 aliphatic carbocycles. The predicted molar refractivity (Wildman–Crippen MR) is 116 cm³/mol. The maximum absolute atomic E-state index is 12.8. The number of ketones is 1. The van der Waals surface area contributed by atoms with E-state index < -0.39 is 0 Å². The van der Waals surface area contributed by atoms with Gasteiger partial charge in [-0.25, -0.2) is 0 Å². The third kappa shape index (κ3) is 5.76. The van der Waals surface area contributed by atoms with E-state index in [2.05, 4.69) is 0 Å². The van der Waals surface area contributed by atoms with Crippen LogP contribution in [0.1, 0.15) is 49.2 Å². The van der Waals surface area contributed by atoms with Gasteiger partial charge in [-0.15, -0.1) is 0 Å². The van der Waals surface area contributed by atoms with Crippen molar-refractivity contribution in [2.24, 2.45) is 0 Å². The van der Waals surface area contributed by atoms with Gasteiger partial charge in [-0.2, -0.15) is 0 Å². The molecule has 0 amide bonds. The van der Waals surface area contributed by atoms with Crippen LogP contribution in [0.5, 0.6) is 23.0 Å². The van der Waals surface area contributed by atoms with Gasteiger partial charge in [0.15, 0.2) is 5.78 Å². The van der Waals surface area contributed by atoms with Crippen LogP contribution in [0.25, 0.3) is 6.08 Å². The lowest BCUT2D eigenvalue weighted by Crippen LogP contribution is -2.09. The zero-order valence-electron chi connectivity index (χ0n) is 18.2. The summed E-state index contributed by atoms with van der Waals surface area (Å²) in [5.74, 6) is 2.42. The first-order valence-electron chi connectivity index (χ1n) is 9.68. The molecule has 0 bridgehead atoms. The van der Waals surface area contributed by atoms with E-state index in [1.165, 1.54) is 6.08 Å². The summed E-state index contributed by atoms with van der Waals surface area (Å²) in [4.78, 5) is 12.8. The largest absolute Gasteiger partial charge is 0.496 e. The van der Waals surface area contributed by atoms with E-state index in [4.69, 9.17) is 18.9 Å². The molecule has 5 heteroatoms. The van der Waals surface area contributed by atoms with Crippen molar-refractivity contribution >= 4 is 11.9 Å². The molecule has 2 aromatic carbocycles. The molecule has 0 heterocycles. The van der Waals surface area contributed by atoms with Crippen molar-refractivity contribution in [3.63, 3.8) is 0 Å². The Morgan fingerprint density at radius 2 is 1.59 bits per heavy atom. The number of ether oxygens (including phenoxy) is 4. The maximum Gasteiger partial charge on any atom is 0.189 e. The Morgan fingerprint density at radius 1 is 0.897 bits per heavy atom. The van der Waals surface area contributed by atoms with Gasteiger partial charge < -0.3 is 18.9 Å². The number of hydrogen-bond acceptors (Lipinski definition) is 5. The Morgan fingerprint density at radius 3 is 2.17 bits per heavy atom. The first-order valence-corrected chi connectivity index (χ1v) is 9.68. The predicted octanol–water partition coefficient (Wildman–Crippen LogP) is 5.48. The van der Waals surface area contributed by atoms with E-state index in [-0.39, 0.29) is 18.0 Å². The molecule has 29 heavy (non-hydrogen) atoms. The lowest BCUT2D eigenvalue weighted by atomic mass is 10.0. The summed E-state index contributed by atoms with van der Waals surface area (Å²) in [5, 5.41) is 0. The lowest BCUT2D eigenvalue weighted by molar-refractivity contribution is 0.104. The van der Waals surface area contributed by atoms with Crippen molar-refractivity contribution < 1.29 is 23.7 Å². The fraction of sp³-hybridized carbons (Fsp3) is 0.375. The third-order valence-electron chi connectivity index (χ3n) is 4.18. The minimum atomic E-state index is -0.161. The fourth-order valence-corrected chi connectivity index (χ4v) is 2.96. The van der Waals surface area contributed by atoms with Crippen molar-refractivity contribution in [3.05, 3.63) is 53.1 Å². The number of methoxy groups -OCH3 is 2. The SMILES string of the molecule is COc1ccc(C(=O)/C=C/c2ccc(OC(C)C)cc2OC(C)C)c(OC)c1C. The second kappa shape index (κ2) is 10.0. The Bertz CT molecular complexity index is 881. The van der Waals surface area contributed by atoms with Gasteiger partial charge in [-0.05, 0) is 71.0 Å². The van der Waals surface area contributed by atoms with E-state index in [1.807, 2.05) is 52.8 Å². The molecule has 2 aromatic rings. The highest BCUT2D eigenvalue weighted by Crippen LogP contribution is 2.32. The van der Waals surface area contributed by atoms with Gasteiger partial charge in [0.05, 0.1) is 32.0 Å². The zero-order chi connectivity index (χ0) is 21.6. The molecule has 0 saturated carbocycles. The van der Waals surface area contributed by atoms with E-state index in [0.717, 1.165) is 16.9 Å². The van der Waals surface area contributed by atoms with Crippen LogP contribution in [0, 0.1) is 6.92 Å². The maximum atomic E-state index is 12.8. The molecule has 0 N–H and O–H groups in total. The van der Waals surface area contributed by atoms with Gasteiger partial charge in [-0.3, -0.25) is 4.79 Å². The average Bonchev–Trinajstić information content (AvgIpc) is 2.65. The molecule has 0 aromatic heterocycles. The summed E-state index contributed by atoms with van der Waals surface area (Å²) in [7, 11) is 3.14. The highest BCUT2D eigenvalue weighted by Gasteiger charge is 2.16. The summed E-state index contributed by atoms with van der Waals surface area (Å²) in [5.41, 5.74) is 2.06. The summed E-state index contributed by atoms with van der Waals surface area (Å²) >= 11 is 0. The van der Waals surface area contributed by atoms with Crippen LogP contribution < -0.4 is 18.9 Å². The van der Waals surface area contributed by atoms with E-state index in [0.29, 0.717) is 22.8 Å². The van der Waals surface area contributed by atoms with E-state index in [9.17, 15) is 4.79 Å². The lowest BCUT2D eigenvalue weighted by Gasteiger charge is -2.16. The summed E-state index contributed by atoms with van der Waals surface area (Å²) < 4.78 is 22.4. The molecule has 5 nitrogen and oxygen atoms in total. The normalized spacial score (nSPS) is 11.2. The first kappa shape index (κ1) is 22.3. The van der Waals surface area contributed by atoms with Crippen LogP contribution >= 0.6 is 0 Å². The molecule has 0 aliphatic heterocycles. The third-order valence-corrected chi connectivity index (χ3v) is 4.18.